The zero-order chi connectivity index (χ0) is 27.2. The van der Waals surface area contributed by atoms with E-state index in [0.717, 1.165) is 37.1 Å². The summed E-state index contributed by atoms with van der Waals surface area (Å²) in [6.45, 7) is 5.26. The van der Waals surface area contributed by atoms with Crippen LogP contribution in [0.3, 0.4) is 0 Å². The van der Waals surface area contributed by atoms with Crippen molar-refractivity contribution in [2.24, 2.45) is 0 Å². The molecule has 1 saturated heterocycles. The van der Waals surface area contributed by atoms with Crippen molar-refractivity contribution < 1.29 is 32.2 Å². The summed E-state index contributed by atoms with van der Waals surface area (Å²) in [5.74, 6) is -0.329. The molecule has 5 rings (SSSR count). The van der Waals surface area contributed by atoms with Crippen molar-refractivity contribution >= 4 is 28.9 Å². The Bertz CT molecular complexity index is 1300. The summed E-state index contributed by atoms with van der Waals surface area (Å²) in [6, 6.07) is 8.59. The number of hydrogen-bond acceptors (Lipinski definition) is 4. The van der Waals surface area contributed by atoms with Gasteiger partial charge in [-0.2, -0.15) is 13.2 Å². The summed E-state index contributed by atoms with van der Waals surface area (Å²) >= 11 is 0. The Balaban J connectivity index is 1.34. The summed E-state index contributed by atoms with van der Waals surface area (Å²) in [5, 5.41) is 2.83. The number of rotatable bonds is 4. The zero-order valence-electron chi connectivity index (χ0n) is 21.5. The zero-order valence-corrected chi connectivity index (χ0v) is 21.5. The molecule has 1 N–H and O–H groups in total. The van der Waals surface area contributed by atoms with Crippen molar-refractivity contribution in [2.75, 3.05) is 30.4 Å². The summed E-state index contributed by atoms with van der Waals surface area (Å²) < 4.78 is 51.1. The lowest BCUT2D eigenvalue weighted by Gasteiger charge is -2.36. The molecule has 0 spiro atoms. The molecule has 3 amide bonds. The number of amides is 3. The van der Waals surface area contributed by atoms with Crippen LogP contribution in [0.2, 0.25) is 0 Å². The molecule has 3 aliphatic rings. The molecule has 10 heteroatoms. The molecule has 38 heavy (non-hydrogen) atoms. The van der Waals surface area contributed by atoms with Crippen molar-refractivity contribution in [3.8, 4) is 5.75 Å². The Morgan fingerprint density at radius 1 is 1.21 bits per heavy atom. The van der Waals surface area contributed by atoms with Gasteiger partial charge in [0.25, 0.3) is 0 Å². The van der Waals surface area contributed by atoms with Crippen LogP contribution in [0.5, 0.6) is 5.75 Å². The summed E-state index contributed by atoms with van der Waals surface area (Å²) in [6.07, 6.45) is -0.750. The molecule has 0 aliphatic carbocycles. The average Bonchev–Trinajstić information content (AvgIpc) is 3.34. The molecule has 202 valence electrons. The first-order valence-corrected chi connectivity index (χ1v) is 12.6. The van der Waals surface area contributed by atoms with E-state index in [4.69, 9.17) is 9.47 Å². The Morgan fingerprint density at radius 2 is 2.00 bits per heavy atom. The van der Waals surface area contributed by atoms with E-state index in [1.807, 2.05) is 6.07 Å². The molecule has 0 radical (unpaired) electrons. The van der Waals surface area contributed by atoms with E-state index < -0.39 is 23.2 Å². The number of anilines is 2. The maximum Gasteiger partial charge on any atom is 0.416 e. The number of carbonyl (C=O) groups excluding carboxylic acids is 2. The van der Waals surface area contributed by atoms with Crippen LogP contribution in [0, 0.1) is 0 Å². The lowest BCUT2D eigenvalue weighted by atomic mass is 9.88. The fourth-order valence-electron chi connectivity index (χ4n) is 5.25. The summed E-state index contributed by atoms with van der Waals surface area (Å²) in [7, 11) is 1.70. The van der Waals surface area contributed by atoms with Crippen LogP contribution in [0.4, 0.5) is 29.3 Å². The Labute approximate surface area is 219 Å². The quantitative estimate of drug-likeness (QED) is 0.506. The summed E-state index contributed by atoms with van der Waals surface area (Å²) in [4.78, 5) is 29.3. The van der Waals surface area contributed by atoms with Gasteiger partial charge in [0, 0.05) is 50.5 Å². The third kappa shape index (κ3) is 5.36. The number of hydrogen-bond donors (Lipinski definition) is 1. The maximum atomic E-state index is 13.2. The summed E-state index contributed by atoms with van der Waals surface area (Å²) in [5.41, 5.74) is 1.63. The van der Waals surface area contributed by atoms with Crippen LogP contribution in [0.1, 0.15) is 49.8 Å². The van der Waals surface area contributed by atoms with Crippen molar-refractivity contribution in [3.63, 3.8) is 0 Å². The number of halogens is 3. The van der Waals surface area contributed by atoms with Gasteiger partial charge in [-0.1, -0.05) is 12.1 Å². The molecule has 0 aromatic heterocycles. The Kier molecular flexibility index (Phi) is 6.63. The monoisotopic (exact) mass is 529 g/mol. The number of nitrogens with zero attached hydrogens (tertiary/aromatic N) is 2. The van der Waals surface area contributed by atoms with Crippen molar-refractivity contribution in [2.45, 2.75) is 57.5 Å². The van der Waals surface area contributed by atoms with Gasteiger partial charge >= 0.3 is 12.2 Å². The van der Waals surface area contributed by atoms with Gasteiger partial charge in [0.15, 0.2) is 0 Å². The molecule has 1 atom stereocenters. The number of alkyl halides is 3. The van der Waals surface area contributed by atoms with Crippen LogP contribution < -0.4 is 15.0 Å². The normalized spacial score (nSPS) is 21.7. The predicted molar refractivity (Wildman–Crippen MR) is 137 cm³/mol. The third-order valence-corrected chi connectivity index (χ3v) is 7.04. The van der Waals surface area contributed by atoms with E-state index in [1.54, 1.807) is 42.8 Å². The first-order valence-electron chi connectivity index (χ1n) is 12.6. The molecule has 3 heterocycles. The molecule has 2 aromatic rings. The molecule has 3 aliphatic heterocycles. The van der Waals surface area contributed by atoms with Crippen molar-refractivity contribution in [1.29, 1.82) is 0 Å². The number of benzene rings is 2. The average molecular weight is 530 g/mol. The second-order valence-corrected chi connectivity index (χ2v) is 10.6. The van der Waals surface area contributed by atoms with E-state index in [-0.39, 0.29) is 17.9 Å². The van der Waals surface area contributed by atoms with Gasteiger partial charge in [0.05, 0.1) is 17.4 Å². The van der Waals surface area contributed by atoms with Gasteiger partial charge in [-0.05, 0) is 62.1 Å². The van der Waals surface area contributed by atoms with Crippen molar-refractivity contribution in [3.05, 3.63) is 59.2 Å². The number of fused-ring (bicyclic) bond motifs is 2. The lowest BCUT2D eigenvalue weighted by Crippen LogP contribution is -2.47. The Morgan fingerprint density at radius 3 is 2.71 bits per heavy atom. The highest BCUT2D eigenvalue weighted by Crippen LogP contribution is 2.43. The smallest absolute Gasteiger partial charge is 0.416 e. The number of ether oxygens (including phenoxy) is 2. The second kappa shape index (κ2) is 9.65. The van der Waals surface area contributed by atoms with Crippen LogP contribution in [-0.2, 0) is 22.3 Å². The van der Waals surface area contributed by atoms with Gasteiger partial charge in [0.1, 0.15) is 11.4 Å². The third-order valence-electron chi connectivity index (χ3n) is 7.04. The van der Waals surface area contributed by atoms with E-state index in [1.165, 1.54) is 12.1 Å². The predicted octanol–water partition coefficient (Wildman–Crippen LogP) is 5.84. The van der Waals surface area contributed by atoms with Gasteiger partial charge in [-0.15, -0.1) is 0 Å². The first-order chi connectivity index (χ1) is 17.9. The van der Waals surface area contributed by atoms with Gasteiger partial charge < -0.3 is 19.7 Å². The minimum Gasteiger partial charge on any atom is -0.487 e. The van der Waals surface area contributed by atoms with Crippen molar-refractivity contribution in [1.82, 2.24) is 4.90 Å². The lowest BCUT2D eigenvalue weighted by molar-refractivity contribution is -0.137. The molecule has 1 fully saturated rings. The maximum absolute atomic E-state index is 13.2. The highest BCUT2D eigenvalue weighted by Gasteiger charge is 2.36. The van der Waals surface area contributed by atoms with E-state index >= 15 is 0 Å². The van der Waals surface area contributed by atoms with Gasteiger partial charge in [-0.3, -0.25) is 9.69 Å². The van der Waals surface area contributed by atoms with E-state index in [0.29, 0.717) is 42.0 Å². The molecule has 1 unspecified atom stereocenters. The van der Waals surface area contributed by atoms with Crippen LogP contribution in [0.25, 0.3) is 5.57 Å². The number of carbonyl (C=O) groups is 2. The SMILES string of the molecule is CN1C(=O)N(CC2CCCO2)Cc2ccc(NC(=O)/C=C3\CC(C)(C)Oc4cc(C(F)(F)F)ccc43)cc21. The molecular weight excluding hydrogens is 499 g/mol. The fraction of sp³-hybridized carbons (Fsp3) is 0.429. The standard InChI is InChI=1S/C28H30F3N3O4/c1-27(2)14-18(22-9-7-19(28(29,30)31)12-24(22)38-27)11-25(35)32-20-8-6-17-15-34(16-21-5-4-10-37-21)26(36)33(3)23(17)13-20/h6-9,11-13,21H,4-5,10,14-16H2,1-3H3,(H,32,35)/b18-11+. The second-order valence-electron chi connectivity index (χ2n) is 10.6. The molecule has 7 nitrogen and oxygen atoms in total. The van der Waals surface area contributed by atoms with Gasteiger partial charge in [-0.25, -0.2) is 4.79 Å². The first kappa shape index (κ1) is 26.1. The van der Waals surface area contributed by atoms with Crippen LogP contribution in [0.15, 0.2) is 42.5 Å². The highest BCUT2D eigenvalue weighted by atomic mass is 19.4. The number of nitrogens with one attached hydrogen (secondary N) is 1. The van der Waals surface area contributed by atoms with Gasteiger partial charge in [0.2, 0.25) is 5.91 Å². The molecular formula is C28H30F3N3O4. The highest BCUT2D eigenvalue weighted by molar-refractivity contribution is 6.05. The fourth-order valence-corrected chi connectivity index (χ4v) is 5.25. The van der Waals surface area contributed by atoms with Crippen LogP contribution in [-0.4, -0.2) is 48.7 Å². The largest absolute Gasteiger partial charge is 0.487 e. The Hall–Kier alpha value is -3.53. The van der Waals surface area contributed by atoms with E-state index in [2.05, 4.69) is 5.32 Å². The van der Waals surface area contributed by atoms with E-state index in [9.17, 15) is 22.8 Å². The molecule has 0 saturated carbocycles. The molecule has 2 aromatic carbocycles. The molecule has 0 bridgehead atoms. The number of urea groups is 1. The topological polar surface area (TPSA) is 71.1 Å². The minimum absolute atomic E-state index is 0.0563. The minimum atomic E-state index is -4.50. The van der Waals surface area contributed by atoms with Crippen LogP contribution >= 0.6 is 0 Å².